The van der Waals surface area contributed by atoms with Gasteiger partial charge < -0.3 is 19.5 Å². The largest absolute Gasteiger partial charge is 0.469 e. The Hall–Kier alpha value is -3.40. The van der Waals surface area contributed by atoms with E-state index < -0.39 is 11.7 Å². The summed E-state index contributed by atoms with van der Waals surface area (Å²) in [6, 6.07) is 12.2. The van der Waals surface area contributed by atoms with Gasteiger partial charge in [0.1, 0.15) is 0 Å². The zero-order valence-electron chi connectivity index (χ0n) is 19.5. The number of carbonyl (C=O) groups excluding carboxylic acids is 1. The molecule has 0 saturated carbocycles. The Morgan fingerprint density at radius 1 is 1.17 bits per heavy atom. The van der Waals surface area contributed by atoms with E-state index in [-0.39, 0.29) is 24.5 Å². The number of hydrogen-bond acceptors (Lipinski definition) is 4. The first-order chi connectivity index (χ1) is 16.6. The lowest BCUT2D eigenvalue weighted by Gasteiger charge is -2.28. The van der Waals surface area contributed by atoms with E-state index in [0.717, 1.165) is 34.8 Å². The summed E-state index contributed by atoms with van der Waals surface area (Å²) in [5, 5.41) is 3.79. The van der Waals surface area contributed by atoms with Gasteiger partial charge in [-0.25, -0.2) is 0 Å². The van der Waals surface area contributed by atoms with E-state index in [0.29, 0.717) is 17.3 Å². The highest BCUT2D eigenvalue weighted by molar-refractivity contribution is 7.80. The zero-order valence-corrected chi connectivity index (χ0v) is 20.3. The molecule has 4 rings (SSSR count). The van der Waals surface area contributed by atoms with E-state index in [1.165, 1.54) is 13.2 Å². The molecule has 1 fully saturated rings. The summed E-state index contributed by atoms with van der Waals surface area (Å²) in [6.45, 7) is 4.05. The van der Waals surface area contributed by atoms with Gasteiger partial charge in [-0.15, -0.1) is 0 Å². The fraction of sp³-hybridized carbons (Fsp3) is 0.320. The normalized spacial score (nSPS) is 18.0. The zero-order chi connectivity index (χ0) is 25.3. The van der Waals surface area contributed by atoms with E-state index >= 15 is 0 Å². The van der Waals surface area contributed by atoms with E-state index in [1.54, 1.807) is 16.8 Å². The highest BCUT2D eigenvalue weighted by Gasteiger charge is 2.41. The molecule has 2 atom stereocenters. The van der Waals surface area contributed by atoms with Gasteiger partial charge in [0.15, 0.2) is 5.11 Å². The molecule has 35 heavy (non-hydrogen) atoms. The number of hydrogen-bond donors (Lipinski definition) is 1. The minimum Gasteiger partial charge on any atom is -0.469 e. The number of benzene rings is 1. The number of alkyl halides is 3. The van der Waals surface area contributed by atoms with Gasteiger partial charge in [-0.1, -0.05) is 12.1 Å². The topological polar surface area (TPSA) is 59.4 Å². The highest BCUT2D eigenvalue weighted by Crippen LogP contribution is 2.41. The number of aromatic nitrogens is 2. The molecule has 1 aromatic carbocycles. The first-order valence-corrected chi connectivity index (χ1v) is 11.4. The second-order valence-corrected chi connectivity index (χ2v) is 8.74. The van der Waals surface area contributed by atoms with Crippen molar-refractivity contribution in [1.29, 1.82) is 0 Å². The van der Waals surface area contributed by atoms with Gasteiger partial charge in [0, 0.05) is 29.8 Å². The van der Waals surface area contributed by atoms with Crippen molar-refractivity contribution in [3.63, 3.8) is 0 Å². The molecular formula is C25H25F3N4O2S. The average Bonchev–Trinajstić information content (AvgIpc) is 3.32. The van der Waals surface area contributed by atoms with Crippen LogP contribution in [-0.2, 0) is 15.7 Å². The molecule has 0 spiro atoms. The van der Waals surface area contributed by atoms with Crippen LogP contribution in [0, 0.1) is 13.8 Å². The number of ether oxygens (including phenoxy) is 1. The summed E-state index contributed by atoms with van der Waals surface area (Å²) in [4.78, 5) is 18.3. The van der Waals surface area contributed by atoms with Crippen molar-refractivity contribution in [2.24, 2.45) is 0 Å². The van der Waals surface area contributed by atoms with Gasteiger partial charge in [0.05, 0.1) is 36.9 Å². The first kappa shape index (κ1) is 24.7. The molecule has 10 heteroatoms. The number of nitrogens with zero attached hydrogens (tertiary/aromatic N) is 3. The monoisotopic (exact) mass is 502 g/mol. The smallest absolute Gasteiger partial charge is 0.416 e. The van der Waals surface area contributed by atoms with E-state index in [9.17, 15) is 18.0 Å². The number of methoxy groups -OCH3 is 1. The molecule has 1 N–H and O–H groups in total. The maximum atomic E-state index is 13.4. The predicted molar refractivity (Wildman–Crippen MR) is 129 cm³/mol. The molecule has 3 heterocycles. The fourth-order valence-electron chi connectivity index (χ4n) is 4.60. The number of esters is 1. The summed E-state index contributed by atoms with van der Waals surface area (Å²) in [6.07, 6.45) is -2.61. The molecule has 1 aliphatic heterocycles. The second-order valence-electron chi connectivity index (χ2n) is 8.36. The molecule has 2 aromatic heterocycles. The lowest BCUT2D eigenvalue weighted by Crippen LogP contribution is -2.32. The number of halogens is 3. The van der Waals surface area contributed by atoms with Crippen molar-refractivity contribution in [3.8, 4) is 5.69 Å². The summed E-state index contributed by atoms with van der Waals surface area (Å²) >= 11 is 5.62. The van der Waals surface area contributed by atoms with Crippen molar-refractivity contribution >= 4 is 23.3 Å². The molecule has 0 unspecified atom stereocenters. The minimum absolute atomic E-state index is 0.135. The minimum atomic E-state index is -4.44. The Labute approximate surface area is 206 Å². The standard InChI is InChI=1S/C25H25F3N4O2S/c1-15-13-19(16(2)32(15)18-8-6-7-17(14-18)25(26,27)28)23-22(20-9-4-5-11-29-20)30-24(35)31(23)12-10-21(33)34-3/h4-9,11,13-14,22-23H,10,12H2,1-3H3,(H,30,35)/t22-,23+/m0/s1. The molecule has 0 amide bonds. The van der Waals surface area contributed by atoms with E-state index in [2.05, 4.69) is 10.3 Å². The summed E-state index contributed by atoms with van der Waals surface area (Å²) in [5.74, 6) is -0.359. The summed E-state index contributed by atoms with van der Waals surface area (Å²) in [5.41, 5.74) is 2.92. The van der Waals surface area contributed by atoms with Crippen LogP contribution in [0.2, 0.25) is 0 Å². The van der Waals surface area contributed by atoms with Crippen molar-refractivity contribution in [1.82, 2.24) is 19.8 Å². The molecular weight excluding hydrogens is 477 g/mol. The predicted octanol–water partition coefficient (Wildman–Crippen LogP) is 5.04. The summed E-state index contributed by atoms with van der Waals surface area (Å²) < 4.78 is 46.7. The van der Waals surface area contributed by atoms with Gasteiger partial charge in [0.25, 0.3) is 0 Å². The molecule has 0 radical (unpaired) electrons. The SMILES string of the molecule is COC(=O)CCN1C(=S)N[C@@H](c2ccccn2)[C@H]1c1cc(C)n(-c2cccc(C(F)(F)F)c2)c1C. The van der Waals surface area contributed by atoms with E-state index in [4.69, 9.17) is 17.0 Å². The van der Waals surface area contributed by atoms with Crippen LogP contribution in [0.15, 0.2) is 54.7 Å². The van der Waals surface area contributed by atoms with Crippen LogP contribution in [0.4, 0.5) is 13.2 Å². The van der Waals surface area contributed by atoms with Gasteiger partial charge >= 0.3 is 12.1 Å². The Morgan fingerprint density at radius 2 is 1.94 bits per heavy atom. The van der Waals surface area contributed by atoms with Crippen LogP contribution in [-0.4, -0.2) is 39.2 Å². The molecule has 6 nitrogen and oxygen atoms in total. The van der Waals surface area contributed by atoms with Crippen molar-refractivity contribution in [2.45, 2.75) is 38.5 Å². The lowest BCUT2D eigenvalue weighted by atomic mass is 9.96. The van der Waals surface area contributed by atoms with Crippen LogP contribution in [0.25, 0.3) is 5.69 Å². The van der Waals surface area contributed by atoms with Gasteiger partial charge in [-0.05, 0) is 68.0 Å². The average molecular weight is 503 g/mol. The second kappa shape index (κ2) is 9.69. The van der Waals surface area contributed by atoms with Crippen LogP contribution in [0.1, 0.15) is 46.7 Å². The Kier molecular flexibility index (Phi) is 6.84. The molecule has 1 saturated heterocycles. The van der Waals surface area contributed by atoms with Gasteiger partial charge in [-0.3, -0.25) is 9.78 Å². The van der Waals surface area contributed by atoms with Gasteiger partial charge in [-0.2, -0.15) is 13.2 Å². The Bertz CT molecular complexity index is 1240. The van der Waals surface area contributed by atoms with Crippen molar-refractivity contribution in [2.75, 3.05) is 13.7 Å². The highest BCUT2D eigenvalue weighted by atomic mass is 32.1. The quantitative estimate of drug-likeness (QED) is 0.376. The van der Waals surface area contributed by atoms with Crippen LogP contribution in [0.5, 0.6) is 0 Å². The third-order valence-electron chi connectivity index (χ3n) is 6.20. The fourth-order valence-corrected chi connectivity index (χ4v) is 4.94. The third kappa shape index (κ3) is 4.88. The van der Waals surface area contributed by atoms with Gasteiger partial charge in [0.2, 0.25) is 0 Å². The van der Waals surface area contributed by atoms with Crippen LogP contribution < -0.4 is 5.32 Å². The number of pyridine rings is 1. The number of aryl methyl sites for hydroxylation is 1. The van der Waals surface area contributed by atoms with Crippen LogP contribution in [0.3, 0.4) is 0 Å². The molecule has 0 aliphatic carbocycles. The number of thiocarbonyl (C=S) groups is 1. The van der Waals surface area contributed by atoms with E-state index in [1.807, 2.05) is 43.0 Å². The third-order valence-corrected chi connectivity index (χ3v) is 6.56. The summed E-state index contributed by atoms with van der Waals surface area (Å²) in [7, 11) is 1.33. The molecule has 184 valence electrons. The first-order valence-electron chi connectivity index (χ1n) is 11.0. The number of carbonyl (C=O) groups is 1. The van der Waals surface area contributed by atoms with Crippen LogP contribution >= 0.6 is 12.2 Å². The molecule has 0 bridgehead atoms. The number of nitrogens with one attached hydrogen (secondary N) is 1. The number of rotatable bonds is 6. The molecule has 3 aromatic rings. The molecule has 1 aliphatic rings. The maximum absolute atomic E-state index is 13.4. The van der Waals surface area contributed by atoms with Crippen molar-refractivity contribution in [3.05, 3.63) is 82.9 Å². The lowest BCUT2D eigenvalue weighted by molar-refractivity contribution is -0.141. The van der Waals surface area contributed by atoms with Crippen molar-refractivity contribution < 1.29 is 22.7 Å². The maximum Gasteiger partial charge on any atom is 0.416 e. The Balaban J connectivity index is 1.80. The Morgan fingerprint density at radius 3 is 2.60 bits per heavy atom.